The third kappa shape index (κ3) is 6.49. The quantitative estimate of drug-likeness (QED) is 0.632. The molecule has 2 aromatic carbocycles. The number of para-hydroxylation sites is 1. The molecule has 7 heteroatoms. The van der Waals surface area contributed by atoms with Crippen molar-refractivity contribution >= 4 is 34.4 Å². The molecular formula is C21H22FNO4S. The van der Waals surface area contributed by atoms with E-state index >= 15 is 0 Å². The second kappa shape index (κ2) is 10.6. The molecule has 0 heterocycles. The monoisotopic (exact) mass is 403 g/mol. The highest BCUT2D eigenvalue weighted by Gasteiger charge is 2.28. The van der Waals surface area contributed by atoms with Crippen molar-refractivity contribution in [3.05, 3.63) is 66.0 Å². The molecule has 2 rings (SSSR count). The summed E-state index contributed by atoms with van der Waals surface area (Å²) in [6.45, 7) is 1.21. The van der Waals surface area contributed by atoms with E-state index in [-0.39, 0.29) is 29.1 Å². The molecule has 0 radical (unpaired) electrons. The Balaban J connectivity index is 2.30. The van der Waals surface area contributed by atoms with Crippen molar-refractivity contribution < 1.29 is 23.5 Å². The molecule has 0 spiro atoms. The van der Waals surface area contributed by atoms with Crippen LogP contribution in [0.4, 0.5) is 10.1 Å². The van der Waals surface area contributed by atoms with Crippen LogP contribution in [-0.2, 0) is 25.5 Å². The maximum Gasteiger partial charge on any atom is 0.325 e. The number of benzene rings is 2. The van der Waals surface area contributed by atoms with E-state index in [1.165, 1.54) is 31.1 Å². The predicted molar refractivity (Wildman–Crippen MR) is 108 cm³/mol. The number of thioether (sulfide) groups is 1. The zero-order valence-corrected chi connectivity index (χ0v) is 16.6. The van der Waals surface area contributed by atoms with E-state index in [9.17, 15) is 18.8 Å². The largest absolute Gasteiger partial charge is 0.468 e. The van der Waals surface area contributed by atoms with Gasteiger partial charge in [-0.25, -0.2) is 4.39 Å². The molecule has 5 nitrogen and oxygen atoms in total. The van der Waals surface area contributed by atoms with Crippen molar-refractivity contribution in [2.45, 2.75) is 13.3 Å². The molecular weight excluding hydrogens is 381 g/mol. The van der Waals surface area contributed by atoms with Crippen molar-refractivity contribution in [3.63, 3.8) is 0 Å². The number of nitrogens with zero attached hydrogens (tertiary/aromatic N) is 1. The maximum atomic E-state index is 13.3. The van der Waals surface area contributed by atoms with Gasteiger partial charge in [-0.05, 0) is 36.2 Å². The van der Waals surface area contributed by atoms with Crippen molar-refractivity contribution in [3.8, 4) is 0 Å². The molecule has 0 saturated heterocycles. The number of methoxy groups -OCH3 is 1. The highest BCUT2D eigenvalue weighted by molar-refractivity contribution is 8.13. The molecule has 0 fully saturated rings. The minimum atomic E-state index is -0.566. The molecule has 148 valence electrons. The lowest BCUT2D eigenvalue weighted by atomic mass is 9.99. The zero-order chi connectivity index (χ0) is 20.5. The van der Waals surface area contributed by atoms with E-state index in [0.717, 1.165) is 17.3 Å². The van der Waals surface area contributed by atoms with Gasteiger partial charge in [0.25, 0.3) is 0 Å². The summed E-state index contributed by atoms with van der Waals surface area (Å²) in [5, 5.41) is -0.101. The highest BCUT2D eigenvalue weighted by Crippen LogP contribution is 2.22. The summed E-state index contributed by atoms with van der Waals surface area (Å²) in [5.41, 5.74) is 1.34. The fourth-order valence-electron chi connectivity index (χ4n) is 2.66. The summed E-state index contributed by atoms with van der Waals surface area (Å²) in [7, 11) is 1.26. The summed E-state index contributed by atoms with van der Waals surface area (Å²) >= 11 is 1.05. The number of amides is 1. The van der Waals surface area contributed by atoms with Gasteiger partial charge in [0, 0.05) is 18.4 Å². The molecule has 0 aliphatic carbocycles. The van der Waals surface area contributed by atoms with Crippen LogP contribution in [-0.4, -0.2) is 36.4 Å². The third-order valence-corrected chi connectivity index (χ3v) is 5.06. The van der Waals surface area contributed by atoms with Gasteiger partial charge in [0.15, 0.2) is 5.12 Å². The van der Waals surface area contributed by atoms with Crippen LogP contribution in [0.5, 0.6) is 0 Å². The van der Waals surface area contributed by atoms with Crippen LogP contribution >= 0.6 is 11.8 Å². The Labute approximate surface area is 167 Å². The van der Waals surface area contributed by atoms with Gasteiger partial charge in [-0.2, -0.15) is 0 Å². The number of esters is 1. The molecule has 0 aromatic heterocycles. The lowest BCUT2D eigenvalue weighted by Crippen LogP contribution is -2.41. The number of ether oxygens (including phenoxy) is 1. The van der Waals surface area contributed by atoms with Crippen LogP contribution in [0.1, 0.15) is 12.5 Å². The number of rotatable bonds is 8. The number of carbonyl (C=O) groups excluding carboxylic acids is 3. The molecule has 0 bridgehead atoms. The fourth-order valence-corrected chi connectivity index (χ4v) is 3.36. The lowest BCUT2D eigenvalue weighted by Gasteiger charge is -2.26. The summed E-state index contributed by atoms with van der Waals surface area (Å²) in [4.78, 5) is 38.0. The smallest absolute Gasteiger partial charge is 0.325 e. The number of hydrogen-bond donors (Lipinski definition) is 0. The van der Waals surface area contributed by atoms with E-state index < -0.39 is 11.9 Å². The minimum Gasteiger partial charge on any atom is -0.468 e. The van der Waals surface area contributed by atoms with Crippen molar-refractivity contribution in [2.24, 2.45) is 5.92 Å². The van der Waals surface area contributed by atoms with Crippen molar-refractivity contribution in [1.29, 1.82) is 0 Å². The minimum absolute atomic E-state index is 0.101. The third-order valence-electron chi connectivity index (χ3n) is 4.08. The lowest BCUT2D eigenvalue weighted by molar-refractivity contribution is -0.140. The first kappa shape index (κ1) is 21.6. The molecule has 1 amide bonds. The Morgan fingerprint density at radius 1 is 1.07 bits per heavy atom. The molecule has 2 aromatic rings. The van der Waals surface area contributed by atoms with Crippen LogP contribution in [0, 0.1) is 11.7 Å². The summed E-state index contributed by atoms with van der Waals surface area (Å²) in [6, 6.07) is 14.7. The van der Waals surface area contributed by atoms with E-state index in [4.69, 9.17) is 4.74 Å². The number of hydrogen-bond acceptors (Lipinski definition) is 5. The van der Waals surface area contributed by atoms with Crippen LogP contribution in [0.2, 0.25) is 0 Å². The summed E-state index contributed by atoms with van der Waals surface area (Å²) in [5.74, 6) is -1.51. The Morgan fingerprint density at radius 3 is 2.29 bits per heavy atom. The van der Waals surface area contributed by atoms with Crippen molar-refractivity contribution in [1.82, 2.24) is 0 Å². The fraction of sp³-hybridized carbons (Fsp3) is 0.286. The average molecular weight is 403 g/mol. The second-order valence-corrected chi connectivity index (χ2v) is 7.36. The highest BCUT2D eigenvalue weighted by atomic mass is 32.2. The van der Waals surface area contributed by atoms with Gasteiger partial charge >= 0.3 is 5.97 Å². The summed E-state index contributed by atoms with van der Waals surface area (Å²) < 4.78 is 17.9. The standard InChI is InChI=1S/C21H22FNO4S/c1-15(24)28-14-17(12-16-8-10-18(22)11-9-16)21(26)23(13-20(25)27-2)19-6-4-3-5-7-19/h3-11,17H,12-14H2,1-2H3. The van der Waals surface area contributed by atoms with E-state index in [0.29, 0.717) is 12.1 Å². The zero-order valence-electron chi connectivity index (χ0n) is 15.8. The first-order chi connectivity index (χ1) is 13.4. The first-order valence-corrected chi connectivity index (χ1v) is 9.70. The van der Waals surface area contributed by atoms with Gasteiger partial charge in [-0.15, -0.1) is 0 Å². The van der Waals surface area contributed by atoms with Crippen LogP contribution in [0.3, 0.4) is 0 Å². The van der Waals surface area contributed by atoms with Crippen molar-refractivity contribution in [2.75, 3.05) is 24.3 Å². The topological polar surface area (TPSA) is 63.7 Å². The molecule has 0 aliphatic rings. The Kier molecular flexibility index (Phi) is 8.19. The number of halogens is 1. The van der Waals surface area contributed by atoms with E-state index in [2.05, 4.69) is 0 Å². The van der Waals surface area contributed by atoms with E-state index in [1.54, 1.807) is 36.4 Å². The van der Waals surface area contributed by atoms with Crippen LogP contribution in [0.15, 0.2) is 54.6 Å². The molecule has 0 aliphatic heterocycles. The molecule has 0 N–H and O–H groups in total. The van der Waals surface area contributed by atoms with Crippen LogP contribution in [0.25, 0.3) is 0 Å². The van der Waals surface area contributed by atoms with Gasteiger partial charge in [-0.1, -0.05) is 42.1 Å². The summed E-state index contributed by atoms with van der Waals surface area (Å²) in [6.07, 6.45) is 0.323. The SMILES string of the molecule is COC(=O)CN(C(=O)C(CSC(C)=O)Cc1ccc(F)cc1)c1ccccc1. The molecule has 0 saturated carbocycles. The van der Waals surface area contributed by atoms with Gasteiger partial charge < -0.3 is 9.64 Å². The normalized spacial score (nSPS) is 11.5. The Morgan fingerprint density at radius 2 is 1.71 bits per heavy atom. The molecule has 1 atom stereocenters. The predicted octanol–water partition coefficient (Wildman–Crippen LogP) is 3.47. The van der Waals surface area contributed by atoms with E-state index in [1.807, 2.05) is 6.07 Å². The Bertz CT molecular complexity index is 811. The number of carbonyl (C=O) groups is 3. The Hall–Kier alpha value is -2.67. The van der Waals surface area contributed by atoms with Gasteiger partial charge in [-0.3, -0.25) is 14.4 Å². The second-order valence-electron chi connectivity index (χ2n) is 6.17. The average Bonchev–Trinajstić information content (AvgIpc) is 2.70. The van der Waals surface area contributed by atoms with Gasteiger partial charge in [0.05, 0.1) is 13.0 Å². The van der Waals surface area contributed by atoms with Crippen LogP contribution < -0.4 is 4.90 Å². The van der Waals surface area contributed by atoms with Gasteiger partial charge in [0.1, 0.15) is 12.4 Å². The molecule has 28 heavy (non-hydrogen) atoms. The number of anilines is 1. The van der Waals surface area contributed by atoms with Gasteiger partial charge in [0.2, 0.25) is 5.91 Å². The maximum absolute atomic E-state index is 13.3. The first-order valence-electron chi connectivity index (χ1n) is 8.71. The molecule has 1 unspecified atom stereocenters.